The van der Waals surface area contributed by atoms with Crippen LogP contribution in [0, 0.1) is 11.8 Å². The number of carboxylic acid groups (broad SMARTS) is 1. The monoisotopic (exact) mass is 529 g/mol. The molecule has 38 heavy (non-hydrogen) atoms. The number of benzene rings is 1. The van der Waals surface area contributed by atoms with Crippen LogP contribution >= 0.6 is 0 Å². The lowest BCUT2D eigenvalue weighted by Gasteiger charge is -2.43. The third-order valence-electron chi connectivity index (χ3n) is 7.82. The zero-order chi connectivity index (χ0) is 27.4. The van der Waals surface area contributed by atoms with E-state index in [1.807, 2.05) is 18.2 Å². The van der Waals surface area contributed by atoms with Gasteiger partial charge in [0.05, 0.1) is 26.0 Å². The van der Waals surface area contributed by atoms with Crippen molar-refractivity contribution in [3.8, 4) is 11.5 Å². The fourth-order valence-corrected chi connectivity index (χ4v) is 5.94. The second kappa shape index (κ2) is 12.0. The number of carbonyl (C=O) groups excluding carboxylic acids is 2. The number of rotatable bonds is 8. The van der Waals surface area contributed by atoms with Gasteiger partial charge in [-0.15, -0.1) is 0 Å². The van der Waals surface area contributed by atoms with Gasteiger partial charge in [0.25, 0.3) is 0 Å². The van der Waals surface area contributed by atoms with Gasteiger partial charge in [0.1, 0.15) is 6.04 Å². The third kappa shape index (κ3) is 5.87. The van der Waals surface area contributed by atoms with E-state index in [-0.39, 0.29) is 36.2 Å². The first-order valence-corrected chi connectivity index (χ1v) is 13.3. The quantitative estimate of drug-likeness (QED) is 0.529. The first kappa shape index (κ1) is 27.7. The van der Waals surface area contributed by atoms with Crippen molar-refractivity contribution < 1.29 is 29.0 Å². The minimum Gasteiger partial charge on any atom is -0.493 e. The Labute approximate surface area is 223 Å². The number of piperidine rings is 1. The van der Waals surface area contributed by atoms with Gasteiger partial charge in [0, 0.05) is 37.0 Å². The summed E-state index contributed by atoms with van der Waals surface area (Å²) in [6, 6.07) is 4.81. The summed E-state index contributed by atoms with van der Waals surface area (Å²) < 4.78 is 10.9. The maximum atomic E-state index is 13.6. The Hall–Kier alpha value is -3.34. The standard InChI is InChI=1S/C27H39N5O6/c1-30(2)16-21(28-27(35)36)26(34)31-13-11-18(12-14-31)32-25(33)20-8-6-5-7-19(20)24(29-32)17-9-10-22(37-3)23(15-17)38-4/h9-10,15,18-21,28H,5-8,11-14,16H2,1-4H3,(H,35,36)/t19-,20+,21-/m0/s1. The van der Waals surface area contributed by atoms with E-state index in [4.69, 9.17) is 14.6 Å². The van der Waals surface area contributed by atoms with Crippen LogP contribution in [0.25, 0.3) is 0 Å². The molecule has 3 aliphatic rings. The molecule has 2 heterocycles. The molecule has 2 N–H and O–H groups in total. The number of hydrogen-bond donors (Lipinski definition) is 2. The number of likely N-dealkylation sites (tertiary alicyclic amines) is 1. The van der Waals surface area contributed by atoms with Crippen molar-refractivity contribution >= 4 is 23.6 Å². The molecule has 1 aliphatic carbocycles. The molecular weight excluding hydrogens is 490 g/mol. The van der Waals surface area contributed by atoms with Crippen LogP contribution < -0.4 is 14.8 Å². The van der Waals surface area contributed by atoms with Crippen LogP contribution in [0.4, 0.5) is 4.79 Å². The van der Waals surface area contributed by atoms with Gasteiger partial charge in [0.15, 0.2) is 11.5 Å². The number of ether oxygens (including phenoxy) is 2. The summed E-state index contributed by atoms with van der Waals surface area (Å²) in [6.07, 6.45) is 3.80. The number of hydrazone groups is 1. The van der Waals surface area contributed by atoms with E-state index >= 15 is 0 Å². The molecule has 1 aromatic carbocycles. The highest BCUT2D eigenvalue weighted by Gasteiger charge is 2.44. The van der Waals surface area contributed by atoms with Crippen molar-refractivity contribution in [3.05, 3.63) is 23.8 Å². The van der Waals surface area contributed by atoms with E-state index < -0.39 is 12.1 Å². The number of fused-ring (bicyclic) bond motifs is 1. The zero-order valence-electron chi connectivity index (χ0n) is 22.7. The minimum atomic E-state index is -1.22. The van der Waals surface area contributed by atoms with Gasteiger partial charge in [-0.3, -0.25) is 9.59 Å². The number of nitrogens with zero attached hydrogens (tertiary/aromatic N) is 4. The summed E-state index contributed by atoms with van der Waals surface area (Å²) >= 11 is 0. The molecule has 3 atom stereocenters. The molecule has 3 amide bonds. The Morgan fingerprint density at radius 2 is 1.74 bits per heavy atom. The van der Waals surface area contributed by atoms with Crippen LogP contribution in [-0.2, 0) is 9.59 Å². The van der Waals surface area contributed by atoms with Crippen molar-refractivity contribution in [1.29, 1.82) is 0 Å². The van der Waals surface area contributed by atoms with Gasteiger partial charge in [-0.05, 0) is 58.0 Å². The lowest BCUT2D eigenvalue weighted by Crippen LogP contribution is -2.57. The lowest BCUT2D eigenvalue weighted by molar-refractivity contribution is -0.143. The van der Waals surface area contributed by atoms with Gasteiger partial charge in [-0.25, -0.2) is 9.80 Å². The molecule has 11 heteroatoms. The number of likely N-dealkylation sites (N-methyl/N-ethyl adjacent to an activating group) is 1. The zero-order valence-corrected chi connectivity index (χ0v) is 22.7. The summed E-state index contributed by atoms with van der Waals surface area (Å²) in [4.78, 5) is 41.4. The lowest BCUT2D eigenvalue weighted by atomic mass is 9.73. The number of methoxy groups -OCH3 is 2. The molecule has 2 aliphatic heterocycles. The van der Waals surface area contributed by atoms with E-state index in [0.29, 0.717) is 37.4 Å². The van der Waals surface area contributed by atoms with Crippen LogP contribution in [0.15, 0.2) is 23.3 Å². The van der Waals surface area contributed by atoms with Crippen molar-refractivity contribution in [3.63, 3.8) is 0 Å². The molecule has 208 valence electrons. The minimum absolute atomic E-state index is 0.0705. The Balaban J connectivity index is 1.54. The Bertz CT molecular complexity index is 1070. The molecular formula is C27H39N5O6. The maximum absolute atomic E-state index is 13.6. The fraction of sp³-hybridized carbons (Fsp3) is 0.630. The average Bonchev–Trinajstić information content (AvgIpc) is 2.92. The summed E-state index contributed by atoms with van der Waals surface area (Å²) in [6.45, 7) is 1.15. The number of hydrogen-bond acceptors (Lipinski definition) is 7. The molecule has 1 saturated heterocycles. The topological polar surface area (TPSA) is 124 Å². The van der Waals surface area contributed by atoms with E-state index in [1.165, 1.54) is 0 Å². The summed E-state index contributed by atoms with van der Waals surface area (Å²) in [5, 5.41) is 18.2. The highest BCUT2D eigenvalue weighted by Crippen LogP contribution is 2.40. The second-order valence-electron chi connectivity index (χ2n) is 10.6. The van der Waals surface area contributed by atoms with Crippen molar-refractivity contribution in [2.45, 2.75) is 50.6 Å². The van der Waals surface area contributed by atoms with Crippen LogP contribution in [0.3, 0.4) is 0 Å². The van der Waals surface area contributed by atoms with E-state index in [0.717, 1.165) is 37.0 Å². The molecule has 0 unspecified atom stereocenters. The summed E-state index contributed by atoms with van der Waals surface area (Å²) in [5.74, 6) is 1.06. The second-order valence-corrected chi connectivity index (χ2v) is 10.6. The van der Waals surface area contributed by atoms with Crippen molar-refractivity contribution in [2.75, 3.05) is 47.9 Å². The normalized spacial score (nSPS) is 23.0. The molecule has 0 radical (unpaired) electrons. The van der Waals surface area contributed by atoms with Gasteiger partial charge < -0.3 is 29.7 Å². The van der Waals surface area contributed by atoms with E-state index in [9.17, 15) is 19.5 Å². The molecule has 11 nitrogen and oxygen atoms in total. The Morgan fingerprint density at radius 1 is 1.08 bits per heavy atom. The van der Waals surface area contributed by atoms with E-state index in [2.05, 4.69) is 5.32 Å². The number of nitrogens with one attached hydrogen (secondary N) is 1. The van der Waals surface area contributed by atoms with Crippen LogP contribution in [0.5, 0.6) is 11.5 Å². The molecule has 1 aromatic rings. The molecule has 0 bridgehead atoms. The van der Waals surface area contributed by atoms with Gasteiger partial charge >= 0.3 is 6.09 Å². The van der Waals surface area contributed by atoms with Crippen molar-refractivity contribution in [2.24, 2.45) is 16.9 Å². The predicted molar refractivity (Wildman–Crippen MR) is 141 cm³/mol. The molecule has 0 aromatic heterocycles. The smallest absolute Gasteiger partial charge is 0.405 e. The molecule has 1 saturated carbocycles. The number of carbonyl (C=O) groups is 3. The fourth-order valence-electron chi connectivity index (χ4n) is 5.94. The van der Waals surface area contributed by atoms with Crippen LogP contribution in [0.1, 0.15) is 44.1 Å². The largest absolute Gasteiger partial charge is 0.493 e. The van der Waals surface area contributed by atoms with Gasteiger partial charge in [-0.2, -0.15) is 5.10 Å². The first-order valence-electron chi connectivity index (χ1n) is 13.3. The SMILES string of the molecule is COc1ccc(C2=NN(C3CCN(C(=O)[C@H](CN(C)C)NC(=O)O)CC3)C(=O)[C@@H]3CCCC[C@H]23)cc1OC. The predicted octanol–water partition coefficient (Wildman–Crippen LogP) is 2.25. The van der Waals surface area contributed by atoms with E-state index in [1.54, 1.807) is 43.1 Å². The van der Waals surface area contributed by atoms with Crippen molar-refractivity contribution in [1.82, 2.24) is 20.1 Å². The highest BCUT2D eigenvalue weighted by molar-refractivity contribution is 6.07. The van der Waals surface area contributed by atoms with Gasteiger partial charge in [0.2, 0.25) is 11.8 Å². The Kier molecular flexibility index (Phi) is 8.76. The average molecular weight is 530 g/mol. The summed E-state index contributed by atoms with van der Waals surface area (Å²) in [7, 11) is 6.80. The highest BCUT2D eigenvalue weighted by atomic mass is 16.5. The molecule has 0 spiro atoms. The van der Waals surface area contributed by atoms with Crippen LogP contribution in [0.2, 0.25) is 0 Å². The maximum Gasteiger partial charge on any atom is 0.405 e. The van der Waals surface area contributed by atoms with Crippen LogP contribution in [-0.4, -0.2) is 104 Å². The molecule has 4 rings (SSSR count). The Morgan fingerprint density at radius 3 is 2.34 bits per heavy atom. The third-order valence-corrected chi connectivity index (χ3v) is 7.82. The van der Waals surface area contributed by atoms with Gasteiger partial charge in [-0.1, -0.05) is 12.8 Å². The number of amides is 3. The molecule has 2 fully saturated rings. The first-order chi connectivity index (χ1) is 18.2. The summed E-state index contributed by atoms with van der Waals surface area (Å²) in [5.41, 5.74) is 1.83.